The van der Waals surface area contributed by atoms with Crippen LogP contribution in [0, 0.1) is 5.92 Å². The van der Waals surface area contributed by atoms with E-state index in [1.807, 2.05) is 6.07 Å². The first kappa shape index (κ1) is 30.1. The van der Waals surface area contributed by atoms with Crippen LogP contribution in [0.1, 0.15) is 64.9 Å². The number of benzene rings is 4. The lowest BCUT2D eigenvalue weighted by atomic mass is 9.86. The van der Waals surface area contributed by atoms with Gasteiger partial charge in [0.15, 0.2) is 0 Å². The van der Waals surface area contributed by atoms with E-state index in [0.29, 0.717) is 5.92 Å². The molecule has 2 aliphatic rings. The Morgan fingerprint density at radius 2 is 1.60 bits per heavy atom. The second kappa shape index (κ2) is 12.7. The zero-order valence-corrected chi connectivity index (χ0v) is 28.1. The lowest BCUT2D eigenvalue weighted by Crippen LogP contribution is -2.16. The van der Waals surface area contributed by atoms with E-state index in [2.05, 4.69) is 115 Å². The van der Waals surface area contributed by atoms with E-state index in [9.17, 15) is 0 Å². The van der Waals surface area contributed by atoms with Gasteiger partial charge in [-0.3, -0.25) is 0 Å². The van der Waals surface area contributed by atoms with Crippen molar-refractivity contribution in [2.45, 2.75) is 65.8 Å². The van der Waals surface area contributed by atoms with Gasteiger partial charge in [0.05, 0.1) is 10.9 Å². The van der Waals surface area contributed by atoms with Gasteiger partial charge in [-0.2, -0.15) is 4.58 Å². The summed E-state index contributed by atoms with van der Waals surface area (Å²) in [6, 6.07) is 24.1. The third-order valence-corrected chi connectivity index (χ3v) is 10.4. The summed E-state index contributed by atoms with van der Waals surface area (Å²) < 4.78 is 4.98. The molecule has 4 heteroatoms. The third-order valence-electron chi connectivity index (χ3n) is 9.62. The van der Waals surface area contributed by atoms with E-state index in [0.717, 1.165) is 60.6 Å². The van der Waals surface area contributed by atoms with Crippen molar-refractivity contribution in [2.75, 3.05) is 6.54 Å². The minimum atomic E-state index is 0.515. The predicted octanol–water partition coefficient (Wildman–Crippen LogP) is 11.3. The maximum absolute atomic E-state index is 7.26. The summed E-state index contributed by atoms with van der Waals surface area (Å²) in [5, 5.41) is 9.34. The Bertz CT molecular complexity index is 2120. The second-order valence-electron chi connectivity index (χ2n) is 12.8. The summed E-state index contributed by atoms with van der Waals surface area (Å²) in [5.41, 5.74) is 7.49. The number of aromatic nitrogens is 1. The maximum atomic E-state index is 7.26. The number of halogens is 2. The molecule has 45 heavy (non-hydrogen) atoms. The number of hydrogen-bond acceptors (Lipinski definition) is 0. The smallest absolute Gasteiger partial charge is 0.214 e. The molecule has 0 bridgehead atoms. The number of unbranched alkanes of at least 4 members (excludes halogenated alkanes) is 2. The predicted molar refractivity (Wildman–Crippen MR) is 195 cm³/mol. The lowest BCUT2D eigenvalue weighted by Gasteiger charge is -2.22. The number of nitrogens with zero attached hydrogens (tertiary/aromatic N) is 2. The van der Waals surface area contributed by atoms with Gasteiger partial charge in [-0.1, -0.05) is 111 Å². The molecule has 0 fully saturated rings. The first-order chi connectivity index (χ1) is 22.0. The molecule has 1 aromatic heterocycles. The molecule has 1 aliphatic carbocycles. The van der Waals surface area contributed by atoms with Crippen molar-refractivity contribution >= 4 is 73.1 Å². The van der Waals surface area contributed by atoms with Crippen molar-refractivity contribution in [1.82, 2.24) is 4.57 Å². The minimum absolute atomic E-state index is 0.515. The molecule has 0 N–H and O–H groups in total. The number of hydrogen-bond donors (Lipinski definition) is 0. The van der Waals surface area contributed by atoms with Crippen LogP contribution in [-0.2, 0) is 6.54 Å². The largest absolute Gasteiger partial charge is 0.340 e. The molecule has 0 saturated heterocycles. The zero-order valence-electron chi connectivity index (χ0n) is 26.5. The molecule has 1 aliphatic heterocycles. The summed E-state index contributed by atoms with van der Waals surface area (Å²) in [5.74, 6) is 0.515. The van der Waals surface area contributed by atoms with Gasteiger partial charge in [0.1, 0.15) is 6.54 Å². The standard InChI is InChI=1S/C41H41Cl2N2/c1-4-6-23-44-35(32-14-8-11-28-12-9-16-37(44)39(28)32)20-17-29-25-27(3)26-30(41(29)43)18-21-36-33-15-10-13-31-34(42)19-22-38(40(31)33)45(36)24-7-5-2/h8-22,27H,4-7,23-26H2,1-3H3/q+1. The summed E-state index contributed by atoms with van der Waals surface area (Å²) in [6.45, 7) is 8.85. The van der Waals surface area contributed by atoms with Gasteiger partial charge in [0.2, 0.25) is 11.4 Å². The normalized spacial score (nSPS) is 18.4. The van der Waals surface area contributed by atoms with Crippen molar-refractivity contribution in [2.24, 2.45) is 5.92 Å². The first-order valence-electron chi connectivity index (χ1n) is 16.6. The van der Waals surface area contributed by atoms with Crippen LogP contribution in [0.4, 0.5) is 5.69 Å². The van der Waals surface area contributed by atoms with Gasteiger partial charge < -0.3 is 4.57 Å². The minimum Gasteiger partial charge on any atom is -0.340 e. The summed E-state index contributed by atoms with van der Waals surface area (Å²) in [6.07, 6.45) is 15.7. The van der Waals surface area contributed by atoms with Crippen molar-refractivity contribution in [1.29, 1.82) is 0 Å². The van der Waals surface area contributed by atoms with Crippen LogP contribution in [0.15, 0.2) is 101 Å². The average Bonchev–Trinajstić information content (AvgIpc) is 3.53. The zero-order chi connectivity index (χ0) is 31.1. The van der Waals surface area contributed by atoms with Crippen molar-refractivity contribution in [3.63, 3.8) is 0 Å². The van der Waals surface area contributed by atoms with E-state index in [-0.39, 0.29) is 0 Å². The molecule has 4 aromatic carbocycles. The van der Waals surface area contributed by atoms with Crippen LogP contribution in [0.25, 0.3) is 38.5 Å². The van der Waals surface area contributed by atoms with Crippen molar-refractivity contribution in [3.8, 4) is 0 Å². The summed E-state index contributed by atoms with van der Waals surface area (Å²) in [7, 11) is 0. The molecule has 2 nitrogen and oxygen atoms in total. The SMILES string of the molecule is CCCCn1/c(=C/C=C2\CC(C)CC(/C=C/C3=[N+](CCCC)c4ccc(Cl)c5cccc3c45)=C2Cl)c2cccc3cccc1c32. The molecule has 0 spiro atoms. The van der Waals surface area contributed by atoms with Crippen LogP contribution < -0.4 is 5.35 Å². The van der Waals surface area contributed by atoms with Gasteiger partial charge in [-0.15, -0.1) is 0 Å². The molecule has 1 unspecified atom stereocenters. The van der Waals surface area contributed by atoms with Gasteiger partial charge in [-0.05, 0) is 66.0 Å². The number of allylic oxidation sites excluding steroid dienone is 6. The molecule has 0 saturated carbocycles. The highest BCUT2D eigenvalue weighted by atomic mass is 35.5. The molecular weight excluding hydrogens is 591 g/mol. The lowest BCUT2D eigenvalue weighted by molar-refractivity contribution is -0.436. The Labute approximate surface area is 276 Å². The number of rotatable bonds is 9. The van der Waals surface area contributed by atoms with E-state index in [4.69, 9.17) is 23.2 Å². The quantitative estimate of drug-likeness (QED) is 0.143. The molecule has 7 rings (SSSR count). The Morgan fingerprint density at radius 3 is 2.42 bits per heavy atom. The fourth-order valence-corrected chi connectivity index (χ4v) is 7.93. The van der Waals surface area contributed by atoms with Gasteiger partial charge in [0.25, 0.3) is 0 Å². The van der Waals surface area contributed by atoms with Gasteiger partial charge in [-0.25, -0.2) is 0 Å². The number of aryl methyl sites for hydroxylation is 1. The Kier molecular flexibility index (Phi) is 8.46. The third kappa shape index (κ3) is 5.37. The highest BCUT2D eigenvalue weighted by molar-refractivity contribution is 6.37. The molecule has 0 radical (unpaired) electrons. The van der Waals surface area contributed by atoms with E-state index < -0.39 is 0 Å². The van der Waals surface area contributed by atoms with Crippen molar-refractivity contribution in [3.05, 3.63) is 117 Å². The van der Waals surface area contributed by atoms with Crippen LogP contribution in [0.3, 0.4) is 0 Å². The molecule has 0 amide bonds. The molecule has 2 heterocycles. The maximum Gasteiger partial charge on any atom is 0.214 e. The van der Waals surface area contributed by atoms with Crippen molar-refractivity contribution < 1.29 is 4.58 Å². The van der Waals surface area contributed by atoms with E-state index in [1.54, 1.807) is 0 Å². The highest BCUT2D eigenvalue weighted by Crippen LogP contribution is 2.40. The first-order valence-corrected chi connectivity index (χ1v) is 17.4. The Hall–Kier alpha value is -3.59. The summed E-state index contributed by atoms with van der Waals surface area (Å²) >= 11 is 13.9. The van der Waals surface area contributed by atoms with Crippen LogP contribution in [0.2, 0.25) is 5.02 Å². The van der Waals surface area contributed by atoms with Gasteiger partial charge >= 0.3 is 0 Å². The molecule has 5 aromatic rings. The van der Waals surface area contributed by atoms with E-state index in [1.165, 1.54) is 66.9 Å². The highest BCUT2D eigenvalue weighted by Gasteiger charge is 2.31. The fourth-order valence-electron chi connectivity index (χ4n) is 7.42. The fraction of sp³-hybridized carbons (Fsp3) is 0.293. The Balaban J connectivity index is 1.31. The monoisotopic (exact) mass is 631 g/mol. The Morgan fingerprint density at radius 1 is 0.822 bits per heavy atom. The second-order valence-corrected chi connectivity index (χ2v) is 13.6. The van der Waals surface area contributed by atoms with Gasteiger partial charge in [0, 0.05) is 62.2 Å². The van der Waals surface area contributed by atoms with E-state index >= 15 is 0 Å². The molecular formula is C41H41Cl2N2+. The van der Waals surface area contributed by atoms with Crippen LogP contribution in [0.5, 0.6) is 0 Å². The average molecular weight is 633 g/mol. The van der Waals surface area contributed by atoms with Crippen LogP contribution in [-0.4, -0.2) is 21.4 Å². The topological polar surface area (TPSA) is 7.94 Å². The van der Waals surface area contributed by atoms with Crippen LogP contribution >= 0.6 is 23.2 Å². The molecule has 1 atom stereocenters. The summed E-state index contributed by atoms with van der Waals surface area (Å²) in [4.78, 5) is 0. The molecule has 228 valence electrons.